The van der Waals surface area contributed by atoms with Crippen molar-refractivity contribution < 1.29 is 14.3 Å². The lowest BCUT2D eigenvalue weighted by molar-refractivity contribution is 0.0937. The Morgan fingerprint density at radius 1 is 0.967 bits per heavy atom. The van der Waals surface area contributed by atoms with Crippen LogP contribution in [0.25, 0.3) is 22.8 Å². The lowest BCUT2D eigenvalue weighted by Crippen LogP contribution is -2.35. The van der Waals surface area contributed by atoms with Gasteiger partial charge in [-0.1, -0.05) is 19.3 Å². The number of carbonyl (C=O) groups excluding carboxylic acids is 1. The summed E-state index contributed by atoms with van der Waals surface area (Å²) in [6.07, 6.45) is 9.48. The maximum atomic E-state index is 12.7. The van der Waals surface area contributed by atoms with Gasteiger partial charge in [0, 0.05) is 34.9 Å². The first kappa shape index (κ1) is 17.7. The second kappa shape index (κ2) is 6.69. The Morgan fingerprint density at radius 2 is 1.83 bits per heavy atom. The summed E-state index contributed by atoms with van der Waals surface area (Å²) < 4.78 is 10.9. The van der Waals surface area contributed by atoms with Crippen molar-refractivity contribution >= 4 is 5.78 Å². The van der Waals surface area contributed by atoms with Gasteiger partial charge in [0.05, 0.1) is 11.4 Å². The first-order valence-electron chi connectivity index (χ1n) is 10.7. The zero-order valence-corrected chi connectivity index (χ0v) is 16.7. The van der Waals surface area contributed by atoms with Crippen molar-refractivity contribution in [1.82, 2.24) is 15.0 Å². The summed E-state index contributed by atoms with van der Waals surface area (Å²) in [4.78, 5) is 25.5. The van der Waals surface area contributed by atoms with Crippen LogP contribution in [0.2, 0.25) is 0 Å². The van der Waals surface area contributed by atoms with Gasteiger partial charge in [0.2, 0.25) is 6.79 Å². The Hall–Kier alpha value is -3.15. The van der Waals surface area contributed by atoms with E-state index in [1.807, 2.05) is 30.3 Å². The molecule has 0 saturated heterocycles. The molecule has 1 N–H and O–H groups in total. The number of aromatic nitrogens is 3. The zero-order valence-electron chi connectivity index (χ0n) is 16.7. The molecule has 3 aromatic rings. The minimum Gasteiger partial charge on any atom is -0.454 e. The van der Waals surface area contributed by atoms with Gasteiger partial charge < -0.3 is 14.5 Å². The average molecular weight is 401 g/mol. The van der Waals surface area contributed by atoms with Crippen LogP contribution in [0.15, 0.2) is 36.5 Å². The Balaban J connectivity index is 1.40. The van der Waals surface area contributed by atoms with E-state index in [1.165, 1.54) is 32.1 Å². The van der Waals surface area contributed by atoms with E-state index in [0.29, 0.717) is 18.0 Å². The summed E-state index contributed by atoms with van der Waals surface area (Å²) in [5.74, 6) is 2.32. The molecule has 0 amide bonds. The van der Waals surface area contributed by atoms with Crippen LogP contribution in [-0.4, -0.2) is 27.5 Å². The molecular formula is C24H23N3O3. The normalized spacial score (nSPS) is 19.1. The molecule has 152 valence electrons. The quantitative estimate of drug-likeness (QED) is 0.650. The number of benzene rings is 1. The molecule has 6 heteroatoms. The second-order valence-corrected chi connectivity index (χ2v) is 8.57. The highest BCUT2D eigenvalue weighted by Gasteiger charge is 2.41. The van der Waals surface area contributed by atoms with Crippen LogP contribution in [0, 0.1) is 0 Å². The molecule has 30 heavy (non-hydrogen) atoms. The molecule has 1 spiro atoms. The van der Waals surface area contributed by atoms with Crippen molar-refractivity contribution in [3.05, 3.63) is 47.8 Å². The van der Waals surface area contributed by atoms with Crippen molar-refractivity contribution in [3.8, 4) is 34.3 Å². The number of fused-ring (bicyclic) bond motifs is 3. The fourth-order valence-electron chi connectivity index (χ4n) is 5.26. The van der Waals surface area contributed by atoms with E-state index in [4.69, 9.17) is 14.5 Å². The van der Waals surface area contributed by atoms with E-state index in [2.05, 4.69) is 9.97 Å². The predicted molar refractivity (Wildman–Crippen MR) is 112 cm³/mol. The number of ether oxygens (including phenoxy) is 2. The van der Waals surface area contributed by atoms with Crippen molar-refractivity contribution in [2.24, 2.45) is 0 Å². The predicted octanol–water partition coefficient (Wildman–Crippen LogP) is 5.05. The molecule has 6 rings (SSSR count). The van der Waals surface area contributed by atoms with Crippen LogP contribution < -0.4 is 9.47 Å². The largest absolute Gasteiger partial charge is 0.454 e. The second-order valence-electron chi connectivity index (χ2n) is 8.57. The lowest BCUT2D eigenvalue weighted by Gasteiger charge is -2.40. The van der Waals surface area contributed by atoms with Gasteiger partial charge in [0.25, 0.3) is 0 Å². The summed E-state index contributed by atoms with van der Waals surface area (Å²) in [6.45, 7) is 0.240. The molecule has 3 aliphatic rings. The van der Waals surface area contributed by atoms with Crippen molar-refractivity contribution in [2.75, 3.05) is 6.79 Å². The molecule has 1 aromatic carbocycles. The van der Waals surface area contributed by atoms with E-state index >= 15 is 0 Å². The monoisotopic (exact) mass is 401 g/mol. The number of H-pyrrole nitrogens is 1. The first-order valence-corrected chi connectivity index (χ1v) is 10.7. The molecule has 0 bridgehead atoms. The summed E-state index contributed by atoms with van der Waals surface area (Å²) in [5.41, 5.74) is 4.69. The Morgan fingerprint density at radius 3 is 2.73 bits per heavy atom. The number of rotatable bonds is 2. The molecule has 0 unspecified atom stereocenters. The Kier molecular flexibility index (Phi) is 3.94. The highest BCUT2D eigenvalue weighted by Crippen LogP contribution is 2.47. The topological polar surface area (TPSA) is 77.1 Å². The van der Waals surface area contributed by atoms with Crippen LogP contribution in [-0.2, 0) is 5.41 Å². The number of ketones is 1. The van der Waals surface area contributed by atoms with Gasteiger partial charge in [-0.25, -0.2) is 9.97 Å². The highest BCUT2D eigenvalue weighted by atomic mass is 16.7. The van der Waals surface area contributed by atoms with E-state index in [-0.39, 0.29) is 18.0 Å². The van der Waals surface area contributed by atoms with Gasteiger partial charge in [-0.15, -0.1) is 0 Å². The first-order chi connectivity index (χ1) is 14.7. The van der Waals surface area contributed by atoms with Gasteiger partial charge in [0.15, 0.2) is 23.1 Å². The fourth-order valence-corrected chi connectivity index (χ4v) is 5.26. The van der Waals surface area contributed by atoms with Crippen LogP contribution in [0.3, 0.4) is 0 Å². The summed E-state index contributed by atoms with van der Waals surface area (Å²) >= 11 is 0. The van der Waals surface area contributed by atoms with Crippen molar-refractivity contribution in [3.63, 3.8) is 0 Å². The van der Waals surface area contributed by atoms with Gasteiger partial charge in [-0.05, 0) is 49.6 Å². The molecule has 2 aliphatic carbocycles. The van der Waals surface area contributed by atoms with Crippen molar-refractivity contribution in [1.29, 1.82) is 0 Å². The Labute approximate surface area is 174 Å². The number of hydrogen-bond acceptors (Lipinski definition) is 5. The van der Waals surface area contributed by atoms with Gasteiger partial charge in [-0.2, -0.15) is 0 Å². The van der Waals surface area contributed by atoms with Crippen LogP contribution >= 0.6 is 0 Å². The SMILES string of the molecule is O=C1CCC2(CCCCC2)c2[nH]c(-c3ccnc(-c4ccc5c(c4)OCO5)n3)cc21. The third-order valence-electron chi connectivity index (χ3n) is 6.85. The molecule has 1 saturated carbocycles. The minimum atomic E-state index is 0.132. The van der Waals surface area contributed by atoms with E-state index < -0.39 is 0 Å². The van der Waals surface area contributed by atoms with Gasteiger partial charge in [-0.3, -0.25) is 4.79 Å². The number of hydrogen-bond donors (Lipinski definition) is 1. The smallest absolute Gasteiger partial charge is 0.231 e. The maximum absolute atomic E-state index is 12.7. The third kappa shape index (κ3) is 2.74. The van der Waals surface area contributed by atoms with E-state index in [1.54, 1.807) is 6.20 Å². The number of carbonyl (C=O) groups is 1. The number of nitrogens with one attached hydrogen (secondary N) is 1. The number of Topliss-reactive ketones (excluding diaryl/α,β-unsaturated/α-hetero) is 1. The molecule has 6 nitrogen and oxygen atoms in total. The molecule has 1 fully saturated rings. The maximum Gasteiger partial charge on any atom is 0.231 e. The van der Waals surface area contributed by atoms with E-state index in [9.17, 15) is 4.79 Å². The van der Waals surface area contributed by atoms with Crippen molar-refractivity contribution in [2.45, 2.75) is 50.4 Å². The number of aromatic amines is 1. The lowest BCUT2D eigenvalue weighted by atomic mass is 9.65. The zero-order chi connectivity index (χ0) is 20.1. The van der Waals surface area contributed by atoms with Gasteiger partial charge in [0.1, 0.15) is 0 Å². The molecule has 0 radical (unpaired) electrons. The van der Waals surface area contributed by atoms with Gasteiger partial charge >= 0.3 is 0 Å². The summed E-state index contributed by atoms with van der Waals surface area (Å²) in [5, 5.41) is 0. The third-order valence-corrected chi connectivity index (χ3v) is 6.85. The average Bonchev–Trinajstić information content (AvgIpc) is 3.45. The molecule has 3 heterocycles. The fraction of sp³-hybridized carbons (Fsp3) is 0.375. The highest BCUT2D eigenvalue weighted by molar-refractivity contribution is 6.00. The number of nitrogens with zero attached hydrogens (tertiary/aromatic N) is 2. The van der Waals surface area contributed by atoms with E-state index in [0.717, 1.165) is 40.4 Å². The molecular weight excluding hydrogens is 378 g/mol. The van der Waals surface area contributed by atoms with Crippen LogP contribution in [0.1, 0.15) is 61.0 Å². The molecule has 0 atom stereocenters. The van der Waals surface area contributed by atoms with Crippen LogP contribution in [0.5, 0.6) is 11.5 Å². The Bertz CT molecular complexity index is 1140. The van der Waals surface area contributed by atoms with Crippen LogP contribution in [0.4, 0.5) is 0 Å². The molecule has 1 aliphatic heterocycles. The summed E-state index contributed by atoms with van der Waals surface area (Å²) in [6, 6.07) is 9.62. The standard InChI is InChI=1S/C24H23N3O3/c28-19-6-10-24(8-2-1-3-9-24)22-16(19)13-18(26-22)17-7-11-25-23(27-17)15-4-5-20-21(12-15)30-14-29-20/h4-5,7,11-13,26H,1-3,6,8-10,14H2. The summed E-state index contributed by atoms with van der Waals surface area (Å²) in [7, 11) is 0. The minimum absolute atomic E-state index is 0.132. The molecule has 2 aromatic heterocycles.